The predicted molar refractivity (Wildman–Crippen MR) is 119 cm³/mol. The molecule has 0 spiro atoms. The van der Waals surface area contributed by atoms with Crippen LogP contribution < -0.4 is 0 Å². The quantitative estimate of drug-likeness (QED) is 0.519. The molecule has 1 aliphatic rings. The second kappa shape index (κ2) is 9.63. The molecule has 2 heterocycles. The maximum atomic E-state index is 12.8. The molecule has 30 heavy (non-hydrogen) atoms. The molecule has 2 aromatic carbocycles. The average Bonchev–Trinajstić information content (AvgIpc) is 3.23. The van der Waals surface area contributed by atoms with Crippen molar-refractivity contribution in [2.75, 3.05) is 13.1 Å². The van der Waals surface area contributed by atoms with Crippen LogP contribution in [0.1, 0.15) is 34.7 Å². The summed E-state index contributed by atoms with van der Waals surface area (Å²) in [6, 6.07) is 21.0. The largest absolute Gasteiger partial charge is 0.455 e. The Labute approximate surface area is 184 Å². The van der Waals surface area contributed by atoms with Crippen molar-refractivity contribution in [3.63, 3.8) is 0 Å². The SMILES string of the molecule is O=C(c1ccc(C[S@](=O)c2ccccc2Cl)o1)N1CCC(Cc2ccccc2)CC1. The summed E-state index contributed by atoms with van der Waals surface area (Å²) in [6.45, 7) is 1.47. The lowest BCUT2D eigenvalue weighted by Gasteiger charge is -2.31. The maximum Gasteiger partial charge on any atom is 0.289 e. The number of benzene rings is 2. The van der Waals surface area contributed by atoms with E-state index in [4.69, 9.17) is 16.0 Å². The van der Waals surface area contributed by atoms with Crippen LogP contribution in [0.2, 0.25) is 5.02 Å². The second-order valence-electron chi connectivity index (χ2n) is 7.61. The van der Waals surface area contributed by atoms with Crippen LogP contribution in [0.25, 0.3) is 0 Å². The zero-order chi connectivity index (χ0) is 20.9. The first-order chi connectivity index (χ1) is 14.6. The molecule has 4 rings (SSSR count). The number of carbonyl (C=O) groups is 1. The van der Waals surface area contributed by atoms with Gasteiger partial charge in [0.2, 0.25) is 0 Å². The van der Waals surface area contributed by atoms with Gasteiger partial charge >= 0.3 is 0 Å². The summed E-state index contributed by atoms with van der Waals surface area (Å²) in [4.78, 5) is 15.3. The first-order valence-electron chi connectivity index (χ1n) is 10.1. The van der Waals surface area contributed by atoms with Crippen molar-refractivity contribution in [2.45, 2.75) is 29.9 Å². The number of carbonyl (C=O) groups excluding carboxylic acids is 1. The van der Waals surface area contributed by atoms with Crippen molar-refractivity contribution in [2.24, 2.45) is 5.92 Å². The van der Waals surface area contributed by atoms with Crippen molar-refractivity contribution in [3.8, 4) is 0 Å². The summed E-state index contributed by atoms with van der Waals surface area (Å²) in [5, 5.41) is 0.470. The van der Waals surface area contributed by atoms with Gasteiger partial charge in [-0.15, -0.1) is 0 Å². The number of hydrogen-bond donors (Lipinski definition) is 0. The number of halogens is 1. The number of piperidine rings is 1. The van der Waals surface area contributed by atoms with Crippen LogP contribution in [0.4, 0.5) is 0 Å². The molecule has 1 aliphatic heterocycles. The second-order valence-corrected chi connectivity index (χ2v) is 9.44. The predicted octanol–water partition coefficient (Wildman–Crippen LogP) is 5.34. The molecule has 0 bridgehead atoms. The molecule has 0 aliphatic carbocycles. The van der Waals surface area contributed by atoms with Gasteiger partial charge in [0.05, 0.1) is 26.5 Å². The van der Waals surface area contributed by atoms with Gasteiger partial charge in [0.15, 0.2) is 5.76 Å². The molecule has 0 radical (unpaired) electrons. The average molecular weight is 442 g/mol. The Morgan fingerprint density at radius 1 is 1.00 bits per heavy atom. The van der Waals surface area contributed by atoms with Crippen LogP contribution in [-0.4, -0.2) is 28.1 Å². The molecule has 1 fully saturated rings. The molecular formula is C24H24ClNO3S. The molecule has 1 amide bonds. The van der Waals surface area contributed by atoms with E-state index in [0.29, 0.717) is 27.4 Å². The molecule has 156 valence electrons. The van der Waals surface area contributed by atoms with Crippen LogP contribution >= 0.6 is 11.6 Å². The minimum atomic E-state index is -1.33. The third-order valence-corrected chi connectivity index (χ3v) is 7.33. The number of rotatable bonds is 6. The van der Waals surface area contributed by atoms with Gasteiger partial charge in [-0.05, 0) is 55.0 Å². The molecule has 1 saturated heterocycles. The van der Waals surface area contributed by atoms with Crippen molar-refractivity contribution in [1.29, 1.82) is 0 Å². The summed E-state index contributed by atoms with van der Waals surface area (Å²) in [7, 11) is -1.33. The highest BCUT2D eigenvalue weighted by Crippen LogP contribution is 2.25. The minimum absolute atomic E-state index is 0.0945. The van der Waals surface area contributed by atoms with Gasteiger partial charge in [-0.25, -0.2) is 0 Å². The summed E-state index contributed by atoms with van der Waals surface area (Å²) in [6.07, 6.45) is 3.04. The third kappa shape index (κ3) is 5.02. The lowest BCUT2D eigenvalue weighted by Crippen LogP contribution is -2.38. The highest BCUT2D eigenvalue weighted by atomic mass is 35.5. The summed E-state index contributed by atoms with van der Waals surface area (Å²) < 4.78 is 18.3. The van der Waals surface area contributed by atoms with Gasteiger partial charge < -0.3 is 9.32 Å². The van der Waals surface area contributed by atoms with E-state index in [2.05, 4.69) is 24.3 Å². The standard InChI is InChI=1S/C24H24ClNO3S/c25-21-8-4-5-9-23(21)30(28)17-20-10-11-22(29-20)24(27)26-14-12-19(13-15-26)16-18-6-2-1-3-7-18/h1-11,19H,12-17H2/t30-/m0/s1. The van der Waals surface area contributed by atoms with Gasteiger partial charge in [-0.2, -0.15) is 0 Å². The Balaban J connectivity index is 1.32. The maximum absolute atomic E-state index is 12.8. The van der Waals surface area contributed by atoms with Gasteiger partial charge in [0, 0.05) is 13.1 Å². The summed E-state index contributed by atoms with van der Waals surface area (Å²) in [5.41, 5.74) is 1.35. The van der Waals surface area contributed by atoms with Crippen molar-refractivity contribution < 1.29 is 13.4 Å². The van der Waals surface area contributed by atoms with Crippen molar-refractivity contribution in [1.82, 2.24) is 4.90 Å². The molecule has 1 aromatic heterocycles. The van der Waals surface area contributed by atoms with Crippen molar-refractivity contribution >= 4 is 28.3 Å². The topological polar surface area (TPSA) is 50.5 Å². The number of likely N-dealkylation sites (tertiary alicyclic amines) is 1. The van der Waals surface area contributed by atoms with Gasteiger partial charge in [0.25, 0.3) is 5.91 Å². The highest BCUT2D eigenvalue weighted by molar-refractivity contribution is 7.84. The van der Waals surface area contributed by atoms with E-state index >= 15 is 0 Å². The fourth-order valence-electron chi connectivity index (χ4n) is 3.85. The van der Waals surface area contributed by atoms with E-state index in [9.17, 15) is 9.00 Å². The Morgan fingerprint density at radius 2 is 1.70 bits per heavy atom. The van der Waals surface area contributed by atoms with Gasteiger partial charge in [-0.1, -0.05) is 54.1 Å². The lowest BCUT2D eigenvalue weighted by atomic mass is 9.90. The highest BCUT2D eigenvalue weighted by Gasteiger charge is 2.26. The van der Waals surface area contributed by atoms with Crippen molar-refractivity contribution in [3.05, 3.63) is 88.8 Å². The normalized spacial score (nSPS) is 15.8. The first-order valence-corrected chi connectivity index (χ1v) is 11.8. The molecule has 0 saturated carbocycles. The Kier molecular flexibility index (Phi) is 6.70. The molecule has 1 atom stereocenters. The van der Waals surface area contributed by atoms with Crippen LogP contribution in [0.5, 0.6) is 0 Å². The molecule has 0 unspecified atom stereocenters. The van der Waals surface area contributed by atoms with E-state index in [-0.39, 0.29) is 11.7 Å². The van der Waals surface area contributed by atoms with E-state index in [0.717, 1.165) is 32.4 Å². The van der Waals surface area contributed by atoms with Crippen LogP contribution in [0.15, 0.2) is 76.0 Å². The summed E-state index contributed by atoms with van der Waals surface area (Å²) >= 11 is 6.12. The van der Waals surface area contributed by atoms with Crippen LogP contribution in [0, 0.1) is 5.92 Å². The van der Waals surface area contributed by atoms with E-state index in [1.165, 1.54) is 5.56 Å². The number of hydrogen-bond acceptors (Lipinski definition) is 3. The number of nitrogens with zero attached hydrogens (tertiary/aromatic N) is 1. The van der Waals surface area contributed by atoms with Gasteiger partial charge in [0.1, 0.15) is 5.76 Å². The fraction of sp³-hybridized carbons (Fsp3) is 0.292. The zero-order valence-electron chi connectivity index (χ0n) is 16.6. The first kappa shape index (κ1) is 20.9. The molecule has 4 nitrogen and oxygen atoms in total. The fourth-order valence-corrected chi connectivity index (χ4v) is 5.33. The summed E-state index contributed by atoms with van der Waals surface area (Å²) in [5.74, 6) is 1.53. The molecule has 6 heteroatoms. The van der Waals surface area contributed by atoms with Gasteiger partial charge in [-0.3, -0.25) is 9.00 Å². The van der Waals surface area contributed by atoms with E-state index in [1.54, 1.807) is 36.4 Å². The molecule has 0 N–H and O–H groups in total. The van der Waals surface area contributed by atoms with Crippen LogP contribution in [0.3, 0.4) is 0 Å². The molecular weight excluding hydrogens is 418 g/mol. The monoisotopic (exact) mass is 441 g/mol. The third-order valence-electron chi connectivity index (χ3n) is 5.50. The smallest absolute Gasteiger partial charge is 0.289 e. The lowest BCUT2D eigenvalue weighted by molar-refractivity contribution is 0.0657. The minimum Gasteiger partial charge on any atom is -0.455 e. The number of amides is 1. The molecule has 3 aromatic rings. The van der Waals surface area contributed by atoms with E-state index in [1.807, 2.05) is 11.0 Å². The zero-order valence-corrected chi connectivity index (χ0v) is 18.2. The Bertz CT molecular complexity index is 1030. The Morgan fingerprint density at radius 3 is 2.43 bits per heavy atom. The van der Waals surface area contributed by atoms with E-state index < -0.39 is 10.8 Å². The van der Waals surface area contributed by atoms with Crippen LogP contribution in [-0.2, 0) is 23.0 Å². The Hall–Kier alpha value is -2.37. The number of furan rings is 1.